The molecule has 0 radical (unpaired) electrons. The lowest BCUT2D eigenvalue weighted by molar-refractivity contribution is 0.171. The molecule has 3 saturated heterocycles. The van der Waals surface area contributed by atoms with Crippen molar-refractivity contribution in [2.45, 2.75) is 18.3 Å². The maximum absolute atomic E-state index is 5.10. The maximum Gasteiger partial charge on any atom is 0.104 e. The zero-order valence-electron chi connectivity index (χ0n) is 10.1. The average molecular weight is 231 g/mol. The molecule has 0 aromatic carbocycles. The van der Waals surface area contributed by atoms with Crippen molar-refractivity contribution >= 4 is 0 Å². The Kier molecular flexibility index (Phi) is 4.55. The van der Waals surface area contributed by atoms with Crippen LogP contribution in [0.2, 0.25) is 0 Å². The fourth-order valence-corrected chi connectivity index (χ4v) is 1.47. The molecule has 5 heteroatoms. The van der Waals surface area contributed by atoms with Gasteiger partial charge in [0, 0.05) is 20.2 Å². The first kappa shape index (κ1) is 12.3. The van der Waals surface area contributed by atoms with Crippen LogP contribution in [0.3, 0.4) is 0 Å². The van der Waals surface area contributed by atoms with Gasteiger partial charge >= 0.3 is 0 Å². The number of ether oxygens (including phenoxy) is 4. The number of rotatable bonds is 6. The van der Waals surface area contributed by atoms with E-state index in [-0.39, 0.29) is 0 Å². The third-order valence-corrected chi connectivity index (χ3v) is 2.59. The quantitative estimate of drug-likeness (QED) is 0.590. The van der Waals surface area contributed by atoms with E-state index < -0.39 is 0 Å². The highest BCUT2D eigenvalue weighted by atomic mass is 16.6. The Bertz CT molecular complexity index is 188. The van der Waals surface area contributed by atoms with E-state index in [2.05, 4.69) is 11.9 Å². The van der Waals surface area contributed by atoms with Crippen molar-refractivity contribution in [1.29, 1.82) is 0 Å². The van der Waals surface area contributed by atoms with E-state index in [0.717, 1.165) is 39.5 Å². The van der Waals surface area contributed by atoms with E-state index in [1.807, 2.05) is 0 Å². The van der Waals surface area contributed by atoms with Gasteiger partial charge in [-0.2, -0.15) is 0 Å². The van der Waals surface area contributed by atoms with Crippen LogP contribution >= 0.6 is 0 Å². The second-order valence-electron chi connectivity index (χ2n) is 4.54. The highest BCUT2D eigenvalue weighted by Gasteiger charge is 2.28. The van der Waals surface area contributed by atoms with Gasteiger partial charge in [-0.3, -0.25) is 0 Å². The fourth-order valence-electron chi connectivity index (χ4n) is 1.47. The molecule has 0 aliphatic carbocycles. The maximum atomic E-state index is 5.10. The SMILES string of the molecule is CN(CC1CO1)CC1CO1.COCC1CO1. The lowest BCUT2D eigenvalue weighted by atomic mass is 10.4. The Balaban J connectivity index is 0.000000138. The van der Waals surface area contributed by atoms with E-state index in [1.54, 1.807) is 7.11 Å². The first-order valence-corrected chi connectivity index (χ1v) is 5.80. The summed E-state index contributed by atoms with van der Waals surface area (Å²) >= 11 is 0. The summed E-state index contributed by atoms with van der Waals surface area (Å²) in [6.07, 6.45) is 1.46. The molecule has 3 heterocycles. The van der Waals surface area contributed by atoms with E-state index in [4.69, 9.17) is 18.9 Å². The monoisotopic (exact) mass is 231 g/mol. The summed E-state index contributed by atoms with van der Waals surface area (Å²) in [5.74, 6) is 0. The molecular weight excluding hydrogens is 210 g/mol. The third kappa shape index (κ3) is 5.77. The van der Waals surface area contributed by atoms with Crippen LogP contribution in [0.5, 0.6) is 0 Å². The van der Waals surface area contributed by atoms with E-state index in [9.17, 15) is 0 Å². The van der Waals surface area contributed by atoms with Gasteiger partial charge in [0.2, 0.25) is 0 Å². The summed E-state index contributed by atoms with van der Waals surface area (Å²) in [5.41, 5.74) is 0. The molecular formula is C11H21NO4. The molecule has 3 atom stereocenters. The third-order valence-electron chi connectivity index (χ3n) is 2.59. The van der Waals surface area contributed by atoms with Crippen molar-refractivity contribution in [2.75, 3.05) is 53.7 Å². The normalized spacial score (nSPS) is 34.3. The molecule has 0 N–H and O–H groups in total. The van der Waals surface area contributed by atoms with E-state index >= 15 is 0 Å². The van der Waals surface area contributed by atoms with Gasteiger partial charge in [0.05, 0.1) is 38.6 Å². The van der Waals surface area contributed by atoms with Crippen molar-refractivity contribution < 1.29 is 18.9 Å². The molecule has 16 heavy (non-hydrogen) atoms. The molecule has 5 nitrogen and oxygen atoms in total. The van der Waals surface area contributed by atoms with Gasteiger partial charge in [-0.05, 0) is 7.05 Å². The van der Waals surface area contributed by atoms with Crippen LogP contribution in [-0.2, 0) is 18.9 Å². The van der Waals surface area contributed by atoms with Gasteiger partial charge in [0.25, 0.3) is 0 Å². The van der Waals surface area contributed by atoms with E-state index in [1.165, 1.54) is 0 Å². The molecule has 0 aromatic rings. The highest BCUT2D eigenvalue weighted by molar-refractivity contribution is 4.77. The Morgan fingerprint density at radius 3 is 1.69 bits per heavy atom. The predicted molar refractivity (Wildman–Crippen MR) is 58.6 cm³/mol. The second kappa shape index (κ2) is 5.93. The van der Waals surface area contributed by atoms with Crippen LogP contribution in [0.15, 0.2) is 0 Å². The standard InChI is InChI=1S/C7H13NO2.C4H8O2/c1-8(2-6-4-9-6)3-7-5-10-7;1-5-2-4-3-6-4/h6-7H,2-5H2,1H3;4H,2-3H2,1H3. The molecule has 3 fully saturated rings. The Hall–Kier alpha value is -0.200. The lowest BCUT2D eigenvalue weighted by Crippen LogP contribution is -2.27. The van der Waals surface area contributed by atoms with Gasteiger partial charge < -0.3 is 23.8 Å². The summed E-state index contributed by atoms with van der Waals surface area (Å²) in [4.78, 5) is 2.27. The molecule has 94 valence electrons. The van der Waals surface area contributed by atoms with Gasteiger partial charge in [-0.1, -0.05) is 0 Å². The number of nitrogens with zero attached hydrogens (tertiary/aromatic N) is 1. The smallest absolute Gasteiger partial charge is 0.104 e. The number of likely N-dealkylation sites (N-methyl/N-ethyl adjacent to an activating group) is 1. The summed E-state index contributed by atoms with van der Waals surface area (Å²) in [5, 5.41) is 0. The van der Waals surface area contributed by atoms with Crippen molar-refractivity contribution in [3.05, 3.63) is 0 Å². The van der Waals surface area contributed by atoms with Crippen molar-refractivity contribution in [2.24, 2.45) is 0 Å². The fraction of sp³-hybridized carbons (Fsp3) is 1.00. The first-order valence-electron chi connectivity index (χ1n) is 5.80. The molecule has 0 bridgehead atoms. The minimum absolute atomic E-state index is 0.426. The molecule has 0 spiro atoms. The van der Waals surface area contributed by atoms with Gasteiger partial charge in [0.15, 0.2) is 0 Å². The number of epoxide rings is 3. The summed E-state index contributed by atoms with van der Waals surface area (Å²) in [6.45, 7) is 5.71. The largest absolute Gasteiger partial charge is 0.382 e. The molecule has 0 amide bonds. The molecule has 3 aliphatic heterocycles. The predicted octanol–water partition coefficient (Wildman–Crippen LogP) is -0.253. The average Bonchev–Trinajstić information content (AvgIpc) is 3.08. The van der Waals surface area contributed by atoms with Crippen LogP contribution in [0.1, 0.15) is 0 Å². The van der Waals surface area contributed by atoms with Crippen LogP contribution < -0.4 is 0 Å². The van der Waals surface area contributed by atoms with Crippen LogP contribution in [-0.4, -0.2) is 76.9 Å². The summed E-state index contributed by atoms with van der Waals surface area (Å²) in [7, 11) is 3.80. The minimum atomic E-state index is 0.426. The molecule has 0 aromatic heterocycles. The van der Waals surface area contributed by atoms with Crippen LogP contribution in [0.4, 0.5) is 0 Å². The minimum Gasteiger partial charge on any atom is -0.382 e. The Labute approximate surface area is 96.6 Å². The highest BCUT2D eigenvalue weighted by Crippen LogP contribution is 2.13. The lowest BCUT2D eigenvalue weighted by Gasteiger charge is -2.12. The second-order valence-corrected chi connectivity index (χ2v) is 4.54. The Morgan fingerprint density at radius 2 is 1.44 bits per heavy atom. The first-order chi connectivity index (χ1) is 7.78. The van der Waals surface area contributed by atoms with E-state index in [0.29, 0.717) is 18.3 Å². The van der Waals surface area contributed by atoms with Crippen LogP contribution in [0, 0.1) is 0 Å². The number of hydrogen-bond donors (Lipinski definition) is 0. The van der Waals surface area contributed by atoms with Gasteiger partial charge in [0.1, 0.15) is 6.10 Å². The molecule has 3 aliphatic rings. The summed E-state index contributed by atoms with van der Waals surface area (Å²) < 4.78 is 19.8. The number of hydrogen-bond acceptors (Lipinski definition) is 5. The molecule has 3 unspecified atom stereocenters. The summed E-state index contributed by atoms with van der Waals surface area (Å²) in [6, 6.07) is 0. The number of methoxy groups -OCH3 is 1. The van der Waals surface area contributed by atoms with Crippen LogP contribution in [0.25, 0.3) is 0 Å². The topological polar surface area (TPSA) is 50.1 Å². The zero-order chi connectivity index (χ0) is 11.4. The zero-order valence-corrected chi connectivity index (χ0v) is 10.1. The van der Waals surface area contributed by atoms with Crippen molar-refractivity contribution in [3.63, 3.8) is 0 Å². The van der Waals surface area contributed by atoms with Crippen molar-refractivity contribution in [1.82, 2.24) is 4.90 Å². The van der Waals surface area contributed by atoms with Gasteiger partial charge in [-0.15, -0.1) is 0 Å². The van der Waals surface area contributed by atoms with Gasteiger partial charge in [-0.25, -0.2) is 0 Å². The van der Waals surface area contributed by atoms with Crippen molar-refractivity contribution in [3.8, 4) is 0 Å². The molecule has 0 saturated carbocycles. The Morgan fingerprint density at radius 1 is 1.00 bits per heavy atom. The molecule has 3 rings (SSSR count).